The molecule has 0 aliphatic carbocycles. The number of alkyl carbamates (subject to hydrolysis) is 1. The zero-order valence-electron chi connectivity index (χ0n) is 29.4. The van der Waals surface area contributed by atoms with Crippen LogP contribution < -0.4 is 26.0 Å². The number of esters is 1. The van der Waals surface area contributed by atoms with Crippen molar-refractivity contribution >= 4 is 30.0 Å². The number of carbonyl (C=O) groups is 5. The summed E-state index contributed by atoms with van der Waals surface area (Å²) in [6, 6.07) is 22.8. The summed E-state index contributed by atoms with van der Waals surface area (Å²) in [5.74, 6) is -1.82. The van der Waals surface area contributed by atoms with Gasteiger partial charge in [-0.05, 0) is 56.4 Å². The van der Waals surface area contributed by atoms with Crippen molar-refractivity contribution in [2.45, 2.75) is 83.6 Å². The summed E-state index contributed by atoms with van der Waals surface area (Å²) in [7, 11) is 1.24. The number of para-hydroxylation sites is 1. The van der Waals surface area contributed by atoms with E-state index in [9.17, 15) is 24.0 Å². The van der Waals surface area contributed by atoms with Crippen molar-refractivity contribution in [2.24, 2.45) is 5.92 Å². The predicted octanol–water partition coefficient (Wildman–Crippen LogP) is 4.71. The number of hydrogen-bond acceptors (Lipinski definition) is 8. The lowest BCUT2D eigenvalue weighted by Gasteiger charge is -2.30. The van der Waals surface area contributed by atoms with E-state index in [4.69, 9.17) is 14.2 Å². The summed E-state index contributed by atoms with van der Waals surface area (Å²) in [6.07, 6.45) is -1.63. The summed E-state index contributed by atoms with van der Waals surface area (Å²) in [5, 5.41) is 11.1. The van der Waals surface area contributed by atoms with Crippen LogP contribution in [0.1, 0.15) is 52.2 Å². The van der Waals surface area contributed by atoms with Crippen LogP contribution >= 0.6 is 0 Å². The zero-order chi connectivity index (χ0) is 36.7. The molecular weight excluding hydrogens is 640 g/mol. The van der Waals surface area contributed by atoms with E-state index >= 15 is 0 Å². The van der Waals surface area contributed by atoms with Gasteiger partial charge in [0.2, 0.25) is 11.8 Å². The SMILES string of the molecule is COC(=O)C(NC(=O)C(Cc1ccccc1)NC(=O)CC(NC(=O)Oc1ccccc1)C(Cc1ccccc1)NC(=O)OC(C)(C)C)C(C)C. The van der Waals surface area contributed by atoms with E-state index < -0.39 is 59.7 Å². The number of nitrogens with one attached hydrogen (secondary N) is 4. The molecule has 0 bridgehead atoms. The van der Waals surface area contributed by atoms with Crippen LogP contribution in [0.5, 0.6) is 5.75 Å². The lowest BCUT2D eigenvalue weighted by molar-refractivity contribution is -0.146. The smallest absolute Gasteiger partial charge is 0.412 e. The molecule has 0 spiro atoms. The van der Waals surface area contributed by atoms with Gasteiger partial charge in [-0.25, -0.2) is 14.4 Å². The Morgan fingerprint density at radius 3 is 1.70 bits per heavy atom. The largest absolute Gasteiger partial charge is 0.467 e. The van der Waals surface area contributed by atoms with Crippen molar-refractivity contribution in [3.8, 4) is 5.75 Å². The van der Waals surface area contributed by atoms with Gasteiger partial charge in [0.05, 0.1) is 19.2 Å². The third kappa shape index (κ3) is 13.6. The molecule has 0 heterocycles. The molecule has 4 unspecified atom stereocenters. The molecule has 4 amide bonds. The maximum Gasteiger partial charge on any atom is 0.412 e. The Bertz CT molecular complexity index is 1550. The topological polar surface area (TPSA) is 161 Å². The van der Waals surface area contributed by atoms with E-state index in [-0.39, 0.29) is 30.9 Å². The van der Waals surface area contributed by atoms with Gasteiger partial charge in [0.1, 0.15) is 23.4 Å². The minimum Gasteiger partial charge on any atom is -0.467 e. The molecule has 3 rings (SSSR count). The first-order valence-electron chi connectivity index (χ1n) is 16.5. The maximum absolute atomic E-state index is 13.9. The van der Waals surface area contributed by atoms with E-state index in [1.165, 1.54) is 7.11 Å². The van der Waals surface area contributed by atoms with Crippen LogP contribution in [-0.2, 0) is 36.7 Å². The van der Waals surface area contributed by atoms with Crippen LogP contribution in [0.15, 0.2) is 91.0 Å². The third-order valence-corrected chi connectivity index (χ3v) is 7.50. The zero-order valence-corrected chi connectivity index (χ0v) is 29.4. The van der Waals surface area contributed by atoms with Crippen LogP contribution in [0.3, 0.4) is 0 Å². The van der Waals surface area contributed by atoms with Gasteiger partial charge in [0, 0.05) is 12.8 Å². The highest BCUT2D eigenvalue weighted by Crippen LogP contribution is 2.15. The first kappa shape index (κ1) is 39.1. The summed E-state index contributed by atoms with van der Waals surface area (Å²) < 4.78 is 15.9. The number of hydrogen-bond donors (Lipinski definition) is 4. The average molecular weight is 689 g/mol. The minimum absolute atomic E-state index is 0.113. The van der Waals surface area contributed by atoms with Gasteiger partial charge < -0.3 is 35.5 Å². The molecule has 0 aliphatic heterocycles. The number of benzene rings is 3. The predicted molar refractivity (Wildman–Crippen MR) is 188 cm³/mol. The molecule has 0 aliphatic rings. The molecule has 268 valence electrons. The highest BCUT2D eigenvalue weighted by atomic mass is 16.6. The second kappa shape index (κ2) is 19.0. The Morgan fingerprint density at radius 1 is 0.660 bits per heavy atom. The Balaban J connectivity index is 1.93. The molecule has 0 saturated heterocycles. The monoisotopic (exact) mass is 688 g/mol. The Labute approximate surface area is 293 Å². The number of carbonyl (C=O) groups excluding carboxylic acids is 5. The third-order valence-electron chi connectivity index (χ3n) is 7.50. The Morgan fingerprint density at radius 2 is 1.18 bits per heavy atom. The van der Waals surface area contributed by atoms with Crippen molar-refractivity contribution in [1.82, 2.24) is 21.3 Å². The van der Waals surface area contributed by atoms with Crippen molar-refractivity contribution < 1.29 is 38.2 Å². The highest BCUT2D eigenvalue weighted by Gasteiger charge is 2.33. The fourth-order valence-electron chi connectivity index (χ4n) is 5.08. The number of methoxy groups -OCH3 is 1. The fraction of sp³-hybridized carbons (Fsp3) is 0.395. The average Bonchev–Trinajstić information content (AvgIpc) is 3.06. The van der Waals surface area contributed by atoms with E-state index in [2.05, 4.69) is 21.3 Å². The molecular formula is C38H48N4O8. The van der Waals surface area contributed by atoms with Gasteiger partial charge in [0.25, 0.3) is 0 Å². The van der Waals surface area contributed by atoms with Crippen molar-refractivity contribution in [3.05, 3.63) is 102 Å². The lowest BCUT2D eigenvalue weighted by Crippen LogP contribution is -2.57. The molecule has 3 aromatic rings. The molecule has 12 heteroatoms. The summed E-state index contributed by atoms with van der Waals surface area (Å²) in [6.45, 7) is 8.70. The van der Waals surface area contributed by atoms with Crippen molar-refractivity contribution in [1.29, 1.82) is 0 Å². The second-order valence-electron chi connectivity index (χ2n) is 13.2. The van der Waals surface area contributed by atoms with Crippen LogP contribution in [-0.4, -0.2) is 66.8 Å². The highest BCUT2D eigenvalue weighted by molar-refractivity contribution is 5.91. The summed E-state index contributed by atoms with van der Waals surface area (Å²) >= 11 is 0. The van der Waals surface area contributed by atoms with Crippen molar-refractivity contribution in [2.75, 3.05) is 7.11 Å². The lowest BCUT2D eigenvalue weighted by atomic mass is 9.96. The Hall–Kier alpha value is -5.39. The standard InChI is InChI=1S/C38H48N4O8/c1-25(2)33(35(45)48-6)42-34(44)31(23-27-18-12-8-13-19-27)39-32(43)24-30(40-36(46)49-28-20-14-9-15-21-28)29(22-26-16-10-7-11-17-26)41-37(47)50-38(3,4)5/h7-21,25,29-31,33H,22-24H2,1-6H3,(H,39,43)(H,40,46)(H,41,47)(H,42,44). The van der Waals surface area contributed by atoms with Gasteiger partial charge in [0.15, 0.2) is 0 Å². The van der Waals surface area contributed by atoms with Crippen LogP contribution in [0.25, 0.3) is 0 Å². The van der Waals surface area contributed by atoms with Gasteiger partial charge in [-0.2, -0.15) is 0 Å². The van der Waals surface area contributed by atoms with Crippen LogP contribution in [0, 0.1) is 5.92 Å². The number of rotatable bonds is 15. The van der Waals surface area contributed by atoms with Gasteiger partial charge in [-0.15, -0.1) is 0 Å². The van der Waals surface area contributed by atoms with Crippen LogP contribution in [0.4, 0.5) is 9.59 Å². The molecule has 0 fully saturated rings. The molecule has 0 aromatic heterocycles. The van der Waals surface area contributed by atoms with Gasteiger partial charge >= 0.3 is 18.2 Å². The molecule has 4 atom stereocenters. The van der Waals surface area contributed by atoms with Crippen molar-refractivity contribution in [3.63, 3.8) is 0 Å². The first-order valence-corrected chi connectivity index (χ1v) is 16.5. The quantitative estimate of drug-likeness (QED) is 0.167. The fourth-order valence-corrected chi connectivity index (χ4v) is 5.08. The minimum atomic E-state index is -1.10. The molecule has 3 aromatic carbocycles. The maximum atomic E-state index is 13.9. The second-order valence-corrected chi connectivity index (χ2v) is 13.2. The molecule has 4 N–H and O–H groups in total. The molecule has 12 nitrogen and oxygen atoms in total. The number of amides is 4. The molecule has 50 heavy (non-hydrogen) atoms. The molecule has 0 radical (unpaired) electrons. The normalized spacial score (nSPS) is 13.5. The van der Waals surface area contributed by atoms with Crippen LogP contribution in [0.2, 0.25) is 0 Å². The number of ether oxygens (including phenoxy) is 3. The molecule has 0 saturated carbocycles. The van der Waals surface area contributed by atoms with Gasteiger partial charge in [-0.3, -0.25) is 9.59 Å². The van der Waals surface area contributed by atoms with E-state index in [1.54, 1.807) is 65.0 Å². The summed E-state index contributed by atoms with van der Waals surface area (Å²) in [4.78, 5) is 66.2. The summed E-state index contributed by atoms with van der Waals surface area (Å²) in [5.41, 5.74) is 0.770. The Kier molecular flexibility index (Phi) is 14.8. The van der Waals surface area contributed by atoms with E-state index in [1.807, 2.05) is 60.7 Å². The van der Waals surface area contributed by atoms with Gasteiger partial charge in [-0.1, -0.05) is 92.7 Å². The van der Waals surface area contributed by atoms with E-state index in [0.717, 1.165) is 11.1 Å². The van der Waals surface area contributed by atoms with E-state index in [0.29, 0.717) is 0 Å². The first-order chi connectivity index (χ1) is 23.7.